The van der Waals surface area contributed by atoms with E-state index < -0.39 is 16.7 Å². The van der Waals surface area contributed by atoms with E-state index in [4.69, 9.17) is 19.9 Å². The van der Waals surface area contributed by atoms with Gasteiger partial charge in [-0.1, -0.05) is 79.1 Å². The summed E-state index contributed by atoms with van der Waals surface area (Å²) in [4.78, 5) is 53.1. The summed E-state index contributed by atoms with van der Waals surface area (Å²) in [5.41, 5.74) is 7.16. The second-order valence-electron chi connectivity index (χ2n) is 22.7. The van der Waals surface area contributed by atoms with Gasteiger partial charge < -0.3 is 56.3 Å². The molecule has 6 rings (SSSR count). The van der Waals surface area contributed by atoms with Crippen molar-refractivity contribution in [1.82, 2.24) is 36.4 Å². The molecule has 15 nitrogen and oxygen atoms in total. The van der Waals surface area contributed by atoms with Gasteiger partial charge in [0.05, 0.1) is 11.1 Å². The number of nitrogens with one attached hydrogen (secondary N) is 5. The maximum absolute atomic E-state index is 14.2. The molecular formula is C60H104F2N8O7. The fourth-order valence-electron chi connectivity index (χ4n) is 11.3. The number of likely N-dealkylation sites (N-methyl/N-ethyl adjacent to an activating group) is 2. The zero-order chi connectivity index (χ0) is 55.0. The Bertz CT molecular complexity index is 2070. The van der Waals surface area contributed by atoms with Crippen LogP contribution in [0.25, 0.3) is 0 Å². The highest BCUT2D eigenvalue weighted by atomic mass is 19.1. The highest BCUT2D eigenvalue weighted by Crippen LogP contribution is 2.40. The lowest BCUT2D eigenvalue weighted by atomic mass is 9.82. The number of hydrogen-bond donors (Lipinski definition) is 6. The molecule has 2 aromatic rings. The van der Waals surface area contributed by atoms with Gasteiger partial charge in [0, 0.05) is 84.4 Å². The monoisotopic (exact) mass is 1090 g/mol. The van der Waals surface area contributed by atoms with Crippen molar-refractivity contribution in [2.75, 3.05) is 81.8 Å². The van der Waals surface area contributed by atoms with Crippen molar-refractivity contribution in [1.29, 1.82) is 0 Å². The third kappa shape index (κ3) is 22.3. The maximum atomic E-state index is 14.2. The molecule has 0 spiro atoms. The Morgan fingerprint density at radius 2 is 1.19 bits per heavy atom. The number of fused-ring (bicyclic) bond motifs is 2. The van der Waals surface area contributed by atoms with Crippen LogP contribution in [0.3, 0.4) is 0 Å². The highest BCUT2D eigenvalue weighted by molar-refractivity contribution is 6.00. The molecule has 2 aromatic carbocycles. The molecule has 17 heteroatoms. The number of nitrogens with two attached hydrogens (primary N) is 1. The molecule has 5 amide bonds. The van der Waals surface area contributed by atoms with Crippen LogP contribution in [0, 0.1) is 23.5 Å². The number of nitrogens with zero attached hydrogens (tertiary/aromatic N) is 2. The number of halogens is 2. The minimum atomic E-state index is -0.691. The average molecular weight is 1090 g/mol. The topological polar surface area (TPSA) is 189 Å². The van der Waals surface area contributed by atoms with Crippen molar-refractivity contribution in [2.45, 2.75) is 193 Å². The van der Waals surface area contributed by atoms with E-state index in [-0.39, 0.29) is 62.5 Å². The van der Waals surface area contributed by atoms with Crippen molar-refractivity contribution in [3.05, 3.63) is 70.3 Å². The number of carbonyl (C=O) groups excluding carboxylic acids is 4. The molecule has 0 radical (unpaired) electrons. The molecule has 7 N–H and O–H groups in total. The molecule has 2 aliphatic carbocycles. The fraction of sp³-hybridized carbons (Fsp3) is 0.733. The molecule has 440 valence electrons. The molecule has 0 unspecified atom stereocenters. The van der Waals surface area contributed by atoms with Crippen LogP contribution in [0.1, 0.15) is 196 Å². The third-order valence-corrected chi connectivity index (χ3v) is 15.3. The summed E-state index contributed by atoms with van der Waals surface area (Å²) < 4.78 is 43.4. The van der Waals surface area contributed by atoms with Gasteiger partial charge in [0.2, 0.25) is 0 Å². The average Bonchev–Trinajstić information content (AvgIpc) is 3.81. The molecule has 2 aliphatic heterocycles. The molecule has 77 heavy (non-hydrogen) atoms. The lowest BCUT2D eigenvalue weighted by Gasteiger charge is -2.33. The maximum Gasteiger partial charge on any atom is 0.410 e. The van der Waals surface area contributed by atoms with Crippen molar-refractivity contribution >= 4 is 23.9 Å². The Hall–Kier alpha value is -4.42. The van der Waals surface area contributed by atoms with E-state index in [1.165, 1.54) is 88.5 Å². The van der Waals surface area contributed by atoms with Crippen LogP contribution < -0.4 is 32.3 Å². The molecule has 0 aromatic heterocycles. The Kier molecular flexibility index (Phi) is 30.8. The van der Waals surface area contributed by atoms with E-state index in [0.717, 1.165) is 75.9 Å². The summed E-state index contributed by atoms with van der Waals surface area (Å²) in [5, 5.41) is 15.8. The standard InChI is InChI=1S/C27H43FN4O3.C16H23FN2O2.C15H30N2O2.2CH4/c1-29-19-22(17-20-9-5-4-6-10-20)30-26(34)32(2)15-14-27(13-7-8-16-35-3)24-18-21(28)11-12-23(24)25(33)31-27;1-18-9-8-16(7-3-4-10-21-2)14-11-12(17)5-6-13(14)15(20)19-16;1-15(2,3)19-14(18)17(4)11-13(16)10-12-8-6-5-7-9-12;;/h11-12,18,20,22,29H,4-10,13-17,19H2,1-3H3,(H,30,34)(H,31,33);5-6,11,18H,3-4,7-10H2,1-2H3,(H,19,20);12-13H,5-11,16H2,1-4H3;2*1H4/t22-,27-;16-;13-;;/m000../s1. The number of rotatable bonds is 25. The number of hydrogen-bond acceptors (Lipinski definition) is 10. The predicted molar refractivity (Wildman–Crippen MR) is 307 cm³/mol. The number of ether oxygens (including phenoxy) is 3. The number of benzene rings is 2. The van der Waals surface area contributed by atoms with Crippen molar-refractivity contribution < 1.29 is 42.2 Å². The molecule has 4 atom stereocenters. The predicted octanol–water partition coefficient (Wildman–Crippen LogP) is 10.8. The van der Waals surface area contributed by atoms with Gasteiger partial charge in [-0.05, 0) is 165 Å². The van der Waals surface area contributed by atoms with E-state index in [0.29, 0.717) is 61.8 Å². The van der Waals surface area contributed by atoms with E-state index in [1.54, 1.807) is 50.2 Å². The molecule has 0 saturated heterocycles. The van der Waals surface area contributed by atoms with E-state index in [9.17, 15) is 28.0 Å². The summed E-state index contributed by atoms with van der Waals surface area (Å²) in [5.74, 6) is 0.480. The highest BCUT2D eigenvalue weighted by Gasteiger charge is 2.44. The van der Waals surface area contributed by atoms with Crippen LogP contribution in [-0.2, 0) is 25.3 Å². The van der Waals surface area contributed by atoms with Gasteiger partial charge in [-0.3, -0.25) is 9.59 Å². The first-order valence-electron chi connectivity index (χ1n) is 28.0. The molecule has 2 heterocycles. The summed E-state index contributed by atoms with van der Waals surface area (Å²) in [7, 11) is 10.7. The number of carbonyl (C=O) groups is 4. The summed E-state index contributed by atoms with van der Waals surface area (Å²) in [6.45, 7) is 9.49. The minimum absolute atomic E-state index is 0. The van der Waals surface area contributed by atoms with Crippen LogP contribution in [0.15, 0.2) is 36.4 Å². The fourth-order valence-corrected chi connectivity index (χ4v) is 11.3. The molecule has 0 bridgehead atoms. The summed E-state index contributed by atoms with van der Waals surface area (Å²) in [6.07, 6.45) is 21.0. The van der Waals surface area contributed by atoms with Crippen molar-refractivity contribution in [3.8, 4) is 0 Å². The smallest absolute Gasteiger partial charge is 0.410 e. The van der Waals surface area contributed by atoms with Gasteiger partial charge in [0.15, 0.2) is 0 Å². The van der Waals surface area contributed by atoms with E-state index in [2.05, 4.69) is 26.6 Å². The first-order chi connectivity index (χ1) is 35.8. The lowest BCUT2D eigenvalue weighted by Crippen LogP contribution is -2.49. The zero-order valence-corrected chi connectivity index (χ0v) is 47.2. The summed E-state index contributed by atoms with van der Waals surface area (Å²) in [6, 6.07) is 8.81. The number of methoxy groups -OCH3 is 2. The first-order valence-corrected chi connectivity index (χ1v) is 28.0. The van der Waals surface area contributed by atoms with Crippen molar-refractivity contribution in [3.63, 3.8) is 0 Å². The number of amides is 5. The molecule has 4 aliphatic rings. The molecule has 2 fully saturated rings. The second-order valence-corrected chi connectivity index (χ2v) is 22.7. The minimum Gasteiger partial charge on any atom is -0.444 e. The second kappa shape index (κ2) is 34.6. The quantitative estimate of drug-likeness (QED) is 0.0522. The van der Waals surface area contributed by atoms with Gasteiger partial charge in [-0.25, -0.2) is 18.4 Å². The van der Waals surface area contributed by atoms with Gasteiger partial charge in [-0.2, -0.15) is 0 Å². The summed E-state index contributed by atoms with van der Waals surface area (Å²) >= 11 is 0. The Morgan fingerprint density at radius 3 is 1.65 bits per heavy atom. The lowest BCUT2D eigenvalue weighted by molar-refractivity contribution is 0.0284. The van der Waals surface area contributed by atoms with E-state index >= 15 is 0 Å². The Morgan fingerprint density at radius 1 is 0.714 bits per heavy atom. The van der Waals surface area contributed by atoms with Gasteiger partial charge in [-0.15, -0.1) is 0 Å². The Balaban J connectivity index is 0.000000416. The zero-order valence-electron chi connectivity index (χ0n) is 47.2. The largest absolute Gasteiger partial charge is 0.444 e. The van der Waals surface area contributed by atoms with Crippen molar-refractivity contribution in [2.24, 2.45) is 17.6 Å². The molecular weight excluding hydrogens is 983 g/mol. The van der Waals surface area contributed by atoms with Crippen LogP contribution in [0.4, 0.5) is 18.4 Å². The van der Waals surface area contributed by atoms with Gasteiger partial charge >= 0.3 is 12.1 Å². The van der Waals surface area contributed by atoms with Crippen LogP contribution in [0.2, 0.25) is 0 Å². The first kappa shape index (κ1) is 68.7. The Labute approximate surface area is 463 Å². The van der Waals surface area contributed by atoms with Crippen LogP contribution >= 0.6 is 0 Å². The van der Waals surface area contributed by atoms with Gasteiger partial charge in [0.25, 0.3) is 11.8 Å². The number of urea groups is 1. The van der Waals surface area contributed by atoms with Gasteiger partial charge in [0.1, 0.15) is 17.2 Å². The molecule has 2 saturated carbocycles. The SMILES string of the molecule is C.C.CN(C[C@@H](N)CC1CCCCC1)C(=O)OC(C)(C)C.CNCC[C@]1(CCCCOC)NC(=O)c2ccc(F)cc21.CNC[C@H](CC1CCCCC1)NC(=O)N(C)CC[C@]1(CCCCOC)NC(=O)c2ccc(F)cc21. The number of unbranched alkanes of at least 4 members (excludes halogenated alkanes) is 2. The van der Waals surface area contributed by atoms with Crippen LogP contribution in [-0.4, -0.2) is 133 Å². The normalized spacial score (nSPS) is 19.7. The van der Waals surface area contributed by atoms with E-state index in [1.807, 2.05) is 34.9 Å². The van der Waals surface area contributed by atoms with Crippen LogP contribution in [0.5, 0.6) is 0 Å². The third-order valence-electron chi connectivity index (χ3n) is 15.3.